The number of piperidine rings is 1. The molecule has 0 bridgehead atoms. The molecule has 5 heteroatoms. The molecule has 3 rings (SSSR count). The number of aliphatic carboxylic acids is 1. The monoisotopic (exact) mass is 374 g/mol. The van der Waals surface area contributed by atoms with Crippen molar-refractivity contribution in [2.45, 2.75) is 19.3 Å². The Bertz CT molecular complexity index is 627. The van der Waals surface area contributed by atoms with Crippen LogP contribution in [-0.4, -0.2) is 42.2 Å². The van der Waals surface area contributed by atoms with Crippen molar-refractivity contribution in [3.8, 4) is 0 Å². The number of rotatable bonds is 7. The van der Waals surface area contributed by atoms with Gasteiger partial charge < -0.3 is 14.9 Å². The van der Waals surface area contributed by atoms with Crippen molar-refractivity contribution in [3.63, 3.8) is 0 Å². The summed E-state index contributed by atoms with van der Waals surface area (Å²) in [7, 11) is 0. The highest BCUT2D eigenvalue weighted by Crippen LogP contribution is 2.25. The van der Waals surface area contributed by atoms with Crippen LogP contribution in [0.5, 0.6) is 0 Å². The van der Waals surface area contributed by atoms with Crippen molar-refractivity contribution in [3.05, 3.63) is 60.7 Å². The highest BCUT2D eigenvalue weighted by Gasteiger charge is 2.25. The van der Waals surface area contributed by atoms with Crippen molar-refractivity contribution in [2.75, 3.05) is 31.1 Å². The Hall–Kier alpha value is -2.04. The summed E-state index contributed by atoms with van der Waals surface area (Å²) >= 11 is 0. The summed E-state index contributed by atoms with van der Waals surface area (Å²) in [5.41, 5.74) is 2.38. The van der Waals surface area contributed by atoms with Gasteiger partial charge in [0.05, 0.1) is 5.92 Å². The SMILES string of the molecule is Cl.O=C(O)C1CCCN(CCCN(c2ccccc2)c2ccccc2)C1. The van der Waals surface area contributed by atoms with Gasteiger partial charge in [0.1, 0.15) is 0 Å². The maximum absolute atomic E-state index is 11.2. The van der Waals surface area contributed by atoms with E-state index in [9.17, 15) is 9.90 Å². The molecule has 1 atom stereocenters. The fourth-order valence-electron chi connectivity index (χ4n) is 3.54. The summed E-state index contributed by atoms with van der Waals surface area (Å²) in [6.07, 6.45) is 2.81. The molecule has 1 aliphatic heterocycles. The smallest absolute Gasteiger partial charge is 0.307 e. The molecule has 2 aromatic carbocycles. The summed E-state index contributed by atoms with van der Waals surface area (Å²) in [4.78, 5) is 15.9. The molecule has 1 heterocycles. The summed E-state index contributed by atoms with van der Waals surface area (Å²) in [5, 5.41) is 9.23. The predicted molar refractivity (Wildman–Crippen MR) is 109 cm³/mol. The fourth-order valence-corrected chi connectivity index (χ4v) is 3.54. The lowest BCUT2D eigenvalue weighted by molar-refractivity contribution is -0.143. The highest BCUT2D eigenvalue weighted by atomic mass is 35.5. The van der Waals surface area contributed by atoms with E-state index in [1.165, 1.54) is 11.4 Å². The van der Waals surface area contributed by atoms with E-state index in [0.29, 0.717) is 6.54 Å². The van der Waals surface area contributed by atoms with Crippen molar-refractivity contribution >= 4 is 29.8 Å². The Morgan fingerprint density at radius 2 is 1.62 bits per heavy atom. The van der Waals surface area contributed by atoms with Crippen LogP contribution in [0.2, 0.25) is 0 Å². The maximum Gasteiger partial charge on any atom is 0.307 e. The number of benzene rings is 2. The largest absolute Gasteiger partial charge is 0.481 e. The molecule has 0 saturated carbocycles. The fraction of sp³-hybridized carbons (Fsp3) is 0.381. The number of hydrogen-bond acceptors (Lipinski definition) is 3. The third kappa shape index (κ3) is 5.48. The number of carboxylic acid groups (broad SMARTS) is 1. The number of carbonyl (C=O) groups is 1. The van der Waals surface area contributed by atoms with Crippen LogP contribution in [0.25, 0.3) is 0 Å². The van der Waals surface area contributed by atoms with Crippen LogP contribution in [0.1, 0.15) is 19.3 Å². The summed E-state index contributed by atoms with van der Waals surface area (Å²) in [6.45, 7) is 3.56. The second-order valence-electron chi connectivity index (χ2n) is 6.65. The molecule has 0 aliphatic carbocycles. The van der Waals surface area contributed by atoms with Crippen LogP contribution in [-0.2, 0) is 4.79 Å². The summed E-state index contributed by atoms with van der Waals surface area (Å²) < 4.78 is 0. The van der Waals surface area contributed by atoms with Crippen LogP contribution in [0.15, 0.2) is 60.7 Å². The Morgan fingerprint density at radius 1 is 1.04 bits per heavy atom. The van der Waals surface area contributed by atoms with Crippen LogP contribution >= 0.6 is 12.4 Å². The van der Waals surface area contributed by atoms with Gasteiger partial charge in [0.25, 0.3) is 0 Å². The van der Waals surface area contributed by atoms with Gasteiger partial charge in [-0.2, -0.15) is 0 Å². The average Bonchev–Trinajstić information content (AvgIpc) is 2.67. The van der Waals surface area contributed by atoms with Gasteiger partial charge >= 0.3 is 5.97 Å². The van der Waals surface area contributed by atoms with Crippen LogP contribution in [0.4, 0.5) is 11.4 Å². The molecule has 0 radical (unpaired) electrons. The summed E-state index contributed by atoms with van der Waals surface area (Å²) in [6, 6.07) is 20.9. The first-order valence-electron chi connectivity index (χ1n) is 9.07. The number of halogens is 1. The minimum atomic E-state index is -0.653. The lowest BCUT2D eigenvalue weighted by Crippen LogP contribution is -2.39. The van der Waals surface area contributed by atoms with Gasteiger partial charge in [-0.3, -0.25) is 4.79 Å². The van der Waals surface area contributed by atoms with Crippen molar-refractivity contribution < 1.29 is 9.90 Å². The normalized spacial score (nSPS) is 17.3. The number of hydrogen-bond donors (Lipinski definition) is 1. The van der Waals surface area contributed by atoms with E-state index >= 15 is 0 Å². The second-order valence-corrected chi connectivity index (χ2v) is 6.65. The standard InChI is InChI=1S/C21H26N2O2.ClH/c24-21(25)18-9-7-14-22(17-18)15-8-16-23(19-10-3-1-4-11-19)20-12-5-2-6-13-20;/h1-6,10-13,18H,7-9,14-17H2,(H,24,25);1H. The molecule has 0 spiro atoms. The van der Waals surface area contributed by atoms with E-state index in [-0.39, 0.29) is 18.3 Å². The lowest BCUT2D eigenvalue weighted by Gasteiger charge is -2.32. The molecule has 4 nitrogen and oxygen atoms in total. The molecule has 1 aliphatic rings. The number of nitrogens with zero attached hydrogens (tertiary/aromatic N) is 2. The zero-order valence-electron chi connectivity index (χ0n) is 15.0. The maximum atomic E-state index is 11.2. The molecule has 26 heavy (non-hydrogen) atoms. The van der Waals surface area contributed by atoms with E-state index in [4.69, 9.17) is 0 Å². The van der Waals surface area contributed by atoms with Gasteiger partial charge in [0.15, 0.2) is 0 Å². The molecule has 140 valence electrons. The molecule has 0 aromatic heterocycles. The molecule has 1 unspecified atom stereocenters. The highest BCUT2D eigenvalue weighted by molar-refractivity contribution is 5.85. The number of anilines is 2. The van der Waals surface area contributed by atoms with Gasteiger partial charge in [-0.05, 0) is 56.6 Å². The van der Waals surface area contributed by atoms with E-state index in [0.717, 1.165) is 38.9 Å². The zero-order valence-corrected chi connectivity index (χ0v) is 15.8. The molecular weight excluding hydrogens is 348 g/mol. The Morgan fingerprint density at radius 3 is 2.15 bits per heavy atom. The minimum absolute atomic E-state index is 0. The Balaban J connectivity index is 0.00000243. The van der Waals surface area contributed by atoms with Crippen molar-refractivity contribution in [1.82, 2.24) is 4.90 Å². The Kier molecular flexibility index (Phi) is 7.95. The summed E-state index contributed by atoms with van der Waals surface area (Å²) in [5.74, 6) is -0.854. The first-order valence-corrected chi connectivity index (χ1v) is 9.07. The molecule has 1 fully saturated rings. The minimum Gasteiger partial charge on any atom is -0.481 e. The van der Waals surface area contributed by atoms with Crippen LogP contribution < -0.4 is 4.90 Å². The van der Waals surface area contributed by atoms with Gasteiger partial charge in [-0.15, -0.1) is 12.4 Å². The number of carboxylic acids is 1. The van der Waals surface area contributed by atoms with Crippen molar-refractivity contribution in [2.24, 2.45) is 5.92 Å². The molecule has 1 saturated heterocycles. The van der Waals surface area contributed by atoms with E-state index in [1.54, 1.807) is 0 Å². The van der Waals surface area contributed by atoms with Gasteiger partial charge in [0, 0.05) is 24.5 Å². The van der Waals surface area contributed by atoms with E-state index in [2.05, 4.69) is 58.3 Å². The molecule has 1 N–H and O–H groups in total. The quantitative estimate of drug-likeness (QED) is 0.778. The third-order valence-corrected chi connectivity index (χ3v) is 4.85. The van der Waals surface area contributed by atoms with Gasteiger partial charge in [-0.1, -0.05) is 36.4 Å². The average molecular weight is 375 g/mol. The van der Waals surface area contributed by atoms with Gasteiger partial charge in [0.2, 0.25) is 0 Å². The van der Waals surface area contributed by atoms with E-state index in [1.807, 2.05) is 12.1 Å². The lowest BCUT2D eigenvalue weighted by atomic mass is 9.98. The van der Waals surface area contributed by atoms with Gasteiger partial charge in [-0.25, -0.2) is 0 Å². The number of para-hydroxylation sites is 2. The Labute approximate surface area is 161 Å². The topological polar surface area (TPSA) is 43.8 Å². The predicted octanol–water partition coefficient (Wildman–Crippen LogP) is 4.43. The van der Waals surface area contributed by atoms with Crippen LogP contribution in [0.3, 0.4) is 0 Å². The van der Waals surface area contributed by atoms with Crippen LogP contribution in [0, 0.1) is 5.92 Å². The first-order chi connectivity index (χ1) is 12.2. The first kappa shape index (κ1) is 20.3. The number of likely N-dealkylation sites (tertiary alicyclic amines) is 1. The molecule has 0 amide bonds. The van der Waals surface area contributed by atoms with E-state index < -0.39 is 5.97 Å². The molecular formula is C21H27ClN2O2. The van der Waals surface area contributed by atoms with Crippen molar-refractivity contribution in [1.29, 1.82) is 0 Å². The zero-order chi connectivity index (χ0) is 17.5. The molecule has 2 aromatic rings. The second kappa shape index (κ2) is 10.2. The third-order valence-electron chi connectivity index (χ3n) is 4.85.